The Bertz CT molecular complexity index is 364. The fourth-order valence-corrected chi connectivity index (χ4v) is 2.03. The predicted octanol–water partition coefficient (Wildman–Crippen LogP) is -0.659. The summed E-state index contributed by atoms with van der Waals surface area (Å²) in [6.45, 7) is 4.68. The van der Waals surface area contributed by atoms with E-state index in [1.807, 2.05) is 0 Å². The Balaban J connectivity index is 2.10. The first-order valence-corrected chi connectivity index (χ1v) is 6.05. The van der Waals surface area contributed by atoms with Gasteiger partial charge in [-0.3, -0.25) is 5.01 Å². The van der Waals surface area contributed by atoms with Gasteiger partial charge in [0.25, 0.3) is 0 Å². The molecule has 0 saturated carbocycles. The minimum Gasteiger partial charge on any atom is -0.385 e. The number of alkyl halides is 1. The molecule has 2 aliphatic rings. The molecule has 0 bridgehead atoms. The van der Waals surface area contributed by atoms with Crippen LogP contribution in [0.25, 0.3) is 0 Å². The summed E-state index contributed by atoms with van der Waals surface area (Å²) in [4.78, 5) is 0. The summed E-state index contributed by atoms with van der Waals surface area (Å²) in [6, 6.07) is 0. The fraction of sp³-hybridized carbons (Fsp3) is 0.818. The van der Waals surface area contributed by atoms with E-state index in [9.17, 15) is 14.6 Å². The highest BCUT2D eigenvalue weighted by molar-refractivity contribution is 4.97. The molecule has 0 aromatic rings. The van der Waals surface area contributed by atoms with Gasteiger partial charge in [0.2, 0.25) is 6.30 Å². The molecule has 2 rings (SSSR count). The van der Waals surface area contributed by atoms with Crippen LogP contribution in [0.3, 0.4) is 0 Å². The van der Waals surface area contributed by atoms with Gasteiger partial charge in [-0.2, -0.15) is 0 Å². The summed E-state index contributed by atoms with van der Waals surface area (Å²) in [7, 11) is 0. The molecular weight excluding hydrogens is 257 g/mol. The Labute approximate surface area is 110 Å². The molecule has 7 nitrogen and oxygen atoms in total. The van der Waals surface area contributed by atoms with Crippen molar-refractivity contribution in [2.24, 2.45) is 0 Å². The van der Waals surface area contributed by atoms with Crippen LogP contribution in [0.5, 0.6) is 0 Å². The van der Waals surface area contributed by atoms with Crippen molar-refractivity contribution < 1.29 is 24.1 Å². The van der Waals surface area contributed by atoms with Crippen molar-refractivity contribution in [2.75, 3.05) is 6.61 Å². The van der Waals surface area contributed by atoms with Crippen LogP contribution in [0.1, 0.15) is 20.8 Å². The number of nitrogens with zero attached hydrogens (tertiary/aromatic N) is 1. The Morgan fingerprint density at radius 2 is 2.16 bits per heavy atom. The lowest BCUT2D eigenvalue weighted by Crippen LogP contribution is -2.64. The maximum atomic E-state index is 14.2. The summed E-state index contributed by atoms with van der Waals surface area (Å²) >= 11 is 0. The van der Waals surface area contributed by atoms with E-state index < -0.39 is 29.9 Å². The van der Waals surface area contributed by atoms with E-state index >= 15 is 0 Å². The van der Waals surface area contributed by atoms with Gasteiger partial charge in [0, 0.05) is 12.4 Å². The topological polar surface area (TPSA) is 86.2 Å². The fourth-order valence-electron chi connectivity index (χ4n) is 2.03. The van der Waals surface area contributed by atoms with E-state index in [0.29, 0.717) is 0 Å². The molecule has 1 saturated heterocycles. The first-order chi connectivity index (χ1) is 8.73. The molecule has 2 unspecified atom stereocenters. The molecule has 2 heterocycles. The van der Waals surface area contributed by atoms with E-state index in [2.05, 4.69) is 11.0 Å². The largest absolute Gasteiger partial charge is 0.385 e. The second kappa shape index (κ2) is 4.88. The Morgan fingerprint density at radius 1 is 1.47 bits per heavy atom. The van der Waals surface area contributed by atoms with Crippen LogP contribution in [-0.2, 0) is 9.47 Å². The monoisotopic (exact) mass is 277 g/mol. The van der Waals surface area contributed by atoms with E-state index in [0.717, 1.165) is 5.01 Å². The number of nitrogens with one attached hydrogen (secondary N) is 2. The molecular formula is C11H20FN3O4. The molecule has 4 atom stereocenters. The van der Waals surface area contributed by atoms with Crippen molar-refractivity contribution in [1.29, 1.82) is 0 Å². The number of halogens is 1. The van der Waals surface area contributed by atoms with Crippen LogP contribution < -0.4 is 11.0 Å². The van der Waals surface area contributed by atoms with Gasteiger partial charge < -0.3 is 25.1 Å². The van der Waals surface area contributed by atoms with E-state index in [1.54, 1.807) is 13.8 Å². The van der Waals surface area contributed by atoms with Gasteiger partial charge in [-0.25, -0.2) is 4.39 Å². The molecule has 110 valence electrons. The van der Waals surface area contributed by atoms with Gasteiger partial charge in [0.05, 0.1) is 6.61 Å². The number of ether oxygens (including phenoxy) is 2. The molecule has 8 heteroatoms. The lowest BCUT2D eigenvalue weighted by molar-refractivity contribution is -0.350. The molecule has 0 spiro atoms. The molecule has 0 aliphatic carbocycles. The third-order valence-corrected chi connectivity index (χ3v) is 3.11. The minimum absolute atomic E-state index is 0.0457. The van der Waals surface area contributed by atoms with Gasteiger partial charge in [0.1, 0.15) is 17.8 Å². The normalized spacial score (nSPS) is 36.9. The average Bonchev–Trinajstić information content (AvgIpc) is 2.84. The van der Waals surface area contributed by atoms with Crippen LogP contribution in [0, 0.1) is 0 Å². The van der Waals surface area contributed by atoms with Crippen molar-refractivity contribution in [2.45, 2.75) is 50.7 Å². The van der Waals surface area contributed by atoms with E-state index in [1.165, 1.54) is 19.3 Å². The zero-order valence-corrected chi connectivity index (χ0v) is 11.1. The lowest BCUT2D eigenvalue weighted by Gasteiger charge is -2.47. The molecule has 0 aromatic heterocycles. The van der Waals surface area contributed by atoms with Gasteiger partial charge in [-0.15, -0.1) is 5.53 Å². The molecule has 1 fully saturated rings. The number of rotatable bonds is 3. The third-order valence-electron chi connectivity index (χ3n) is 3.11. The smallest absolute Gasteiger partial charge is 0.215 e. The highest BCUT2D eigenvalue weighted by atomic mass is 19.1. The highest BCUT2D eigenvalue weighted by Gasteiger charge is 2.50. The molecule has 0 radical (unpaired) electrons. The lowest BCUT2D eigenvalue weighted by atomic mass is 9.93. The summed E-state index contributed by atoms with van der Waals surface area (Å²) < 4.78 is 24.9. The zero-order chi connectivity index (χ0) is 14.3. The summed E-state index contributed by atoms with van der Waals surface area (Å²) in [6.07, 6.45) is -1.56. The second-order valence-electron chi connectivity index (χ2n) is 5.43. The number of aliphatic hydroxyl groups excluding tert-OH is 1. The number of aliphatic hydroxyl groups is 2. The minimum atomic E-state index is -1.78. The first-order valence-electron chi connectivity index (χ1n) is 6.05. The number of hydrogen-bond acceptors (Lipinski definition) is 7. The first kappa shape index (κ1) is 14.5. The zero-order valence-electron chi connectivity index (χ0n) is 11.1. The molecule has 4 N–H and O–H groups in total. The van der Waals surface area contributed by atoms with Gasteiger partial charge in [-0.1, -0.05) is 0 Å². The second-order valence-corrected chi connectivity index (χ2v) is 5.43. The van der Waals surface area contributed by atoms with E-state index in [-0.39, 0.29) is 6.61 Å². The Morgan fingerprint density at radius 3 is 2.74 bits per heavy atom. The Kier molecular flexibility index (Phi) is 3.72. The maximum Gasteiger partial charge on any atom is 0.215 e. The third kappa shape index (κ3) is 2.98. The van der Waals surface area contributed by atoms with Gasteiger partial charge in [0.15, 0.2) is 5.79 Å². The number of hydrazine groups is 2. The quantitative estimate of drug-likeness (QED) is 0.510. The van der Waals surface area contributed by atoms with Crippen LogP contribution in [-0.4, -0.2) is 51.7 Å². The maximum absolute atomic E-state index is 14.2. The molecule has 2 aliphatic heterocycles. The summed E-state index contributed by atoms with van der Waals surface area (Å²) in [5.41, 5.74) is 3.58. The SMILES string of the molecule is CC1(C)OC[C@@](C)(O)[C@H](C(O)C(F)N2C=CNN2)O1. The molecule has 0 amide bonds. The van der Waals surface area contributed by atoms with Crippen LogP contribution in [0.4, 0.5) is 4.39 Å². The van der Waals surface area contributed by atoms with Crippen molar-refractivity contribution in [1.82, 2.24) is 16.0 Å². The van der Waals surface area contributed by atoms with Crippen LogP contribution in [0.2, 0.25) is 0 Å². The van der Waals surface area contributed by atoms with Crippen LogP contribution in [0.15, 0.2) is 12.4 Å². The van der Waals surface area contributed by atoms with Crippen molar-refractivity contribution >= 4 is 0 Å². The van der Waals surface area contributed by atoms with Gasteiger partial charge in [-0.05, 0) is 20.8 Å². The van der Waals surface area contributed by atoms with Crippen LogP contribution >= 0.6 is 0 Å². The van der Waals surface area contributed by atoms with E-state index in [4.69, 9.17) is 9.47 Å². The predicted molar refractivity (Wildman–Crippen MR) is 63.7 cm³/mol. The molecule has 19 heavy (non-hydrogen) atoms. The summed E-state index contributed by atoms with van der Waals surface area (Å²) in [5, 5.41) is 21.3. The van der Waals surface area contributed by atoms with Crippen molar-refractivity contribution in [3.8, 4) is 0 Å². The highest BCUT2D eigenvalue weighted by Crippen LogP contribution is 2.32. The average molecular weight is 277 g/mol. The Hall–Kier alpha value is -0.930. The van der Waals surface area contributed by atoms with Gasteiger partial charge >= 0.3 is 0 Å². The van der Waals surface area contributed by atoms with Crippen molar-refractivity contribution in [3.63, 3.8) is 0 Å². The molecule has 0 aromatic carbocycles. The summed E-state index contributed by atoms with van der Waals surface area (Å²) in [5.74, 6) is -0.986. The standard InChI is InChI=1S/C11H20FN3O4/c1-10(2)18-6-11(3,17)8(19-10)7(16)9(12)15-5-4-13-14-15/h4-5,7-9,13-14,16-17H,6H2,1-3H3/t7?,8-,9?,11+/m0/s1. The van der Waals surface area contributed by atoms with Crippen molar-refractivity contribution in [3.05, 3.63) is 12.4 Å². The number of hydrogen-bond donors (Lipinski definition) is 4.